The van der Waals surface area contributed by atoms with Gasteiger partial charge in [0.2, 0.25) is 0 Å². The minimum absolute atomic E-state index is 0.114. The van der Waals surface area contributed by atoms with Crippen molar-refractivity contribution in [3.05, 3.63) is 0 Å². The molecule has 1 unspecified atom stereocenters. The summed E-state index contributed by atoms with van der Waals surface area (Å²) < 4.78 is 0. The van der Waals surface area contributed by atoms with Crippen LogP contribution in [0.5, 0.6) is 0 Å². The molecule has 1 aliphatic rings. The molecule has 1 atom stereocenters. The number of nitrogens with one attached hydrogen (secondary N) is 1. The minimum atomic E-state index is -1.21. The highest BCUT2D eigenvalue weighted by Gasteiger charge is 2.37. The summed E-state index contributed by atoms with van der Waals surface area (Å²) in [7, 11) is 0. The lowest BCUT2D eigenvalue weighted by molar-refractivity contribution is -0.140. The van der Waals surface area contributed by atoms with Gasteiger partial charge in [-0.2, -0.15) is 0 Å². The number of nitrogens with zero attached hydrogens (tertiary/aromatic N) is 1. The molecular weight excluding hydrogens is 276 g/mol. The van der Waals surface area contributed by atoms with Crippen molar-refractivity contribution in [3.63, 3.8) is 0 Å². The van der Waals surface area contributed by atoms with Crippen molar-refractivity contribution in [1.82, 2.24) is 10.2 Å². The van der Waals surface area contributed by atoms with E-state index in [2.05, 4.69) is 19.2 Å². The molecule has 120 valence electrons. The van der Waals surface area contributed by atoms with Crippen LogP contribution in [0.15, 0.2) is 0 Å². The fourth-order valence-corrected chi connectivity index (χ4v) is 2.70. The third kappa shape index (κ3) is 4.61. The van der Waals surface area contributed by atoms with Crippen LogP contribution in [-0.2, 0) is 9.59 Å². The zero-order valence-corrected chi connectivity index (χ0v) is 12.6. The molecule has 2 amide bonds. The van der Waals surface area contributed by atoms with E-state index in [0.717, 1.165) is 19.3 Å². The Labute approximate surface area is 124 Å². The van der Waals surface area contributed by atoms with E-state index >= 15 is 0 Å². The molecular formula is C14H24N2O5. The van der Waals surface area contributed by atoms with Gasteiger partial charge in [0, 0.05) is 19.5 Å². The molecule has 0 aliphatic carbocycles. The number of carboxylic acid groups (broad SMARTS) is 2. The van der Waals surface area contributed by atoms with E-state index in [9.17, 15) is 14.4 Å². The molecule has 1 aliphatic heterocycles. The topological polar surface area (TPSA) is 107 Å². The first-order valence-corrected chi connectivity index (χ1v) is 7.33. The molecule has 0 bridgehead atoms. The number of carboxylic acids is 2. The SMILES string of the molecule is CCC1(CC)CCN(C(=O)NC(CCC(=O)O)C(=O)O)C1. The van der Waals surface area contributed by atoms with Crippen LogP contribution in [0, 0.1) is 5.41 Å². The minimum Gasteiger partial charge on any atom is -0.481 e. The van der Waals surface area contributed by atoms with Crippen LogP contribution in [0.3, 0.4) is 0 Å². The first-order chi connectivity index (χ1) is 9.83. The van der Waals surface area contributed by atoms with E-state index in [1.807, 2.05) is 0 Å². The van der Waals surface area contributed by atoms with Gasteiger partial charge in [0.1, 0.15) is 6.04 Å². The van der Waals surface area contributed by atoms with Crippen LogP contribution in [0.2, 0.25) is 0 Å². The number of hydrogen-bond acceptors (Lipinski definition) is 3. The first-order valence-electron chi connectivity index (χ1n) is 7.33. The Morgan fingerprint density at radius 3 is 2.29 bits per heavy atom. The van der Waals surface area contributed by atoms with Gasteiger partial charge in [-0.15, -0.1) is 0 Å². The average molecular weight is 300 g/mol. The van der Waals surface area contributed by atoms with Crippen molar-refractivity contribution in [2.45, 2.75) is 52.0 Å². The van der Waals surface area contributed by atoms with Gasteiger partial charge in [-0.05, 0) is 31.1 Å². The zero-order valence-electron chi connectivity index (χ0n) is 12.6. The van der Waals surface area contributed by atoms with E-state index in [0.29, 0.717) is 13.1 Å². The Balaban J connectivity index is 2.58. The predicted octanol–water partition coefficient (Wildman–Crippen LogP) is 1.53. The number of rotatable bonds is 7. The second kappa shape index (κ2) is 7.28. The van der Waals surface area contributed by atoms with Crippen molar-refractivity contribution >= 4 is 18.0 Å². The van der Waals surface area contributed by atoms with Gasteiger partial charge < -0.3 is 20.4 Å². The molecule has 3 N–H and O–H groups in total. The summed E-state index contributed by atoms with van der Waals surface area (Å²) in [6.45, 7) is 5.42. The molecule has 21 heavy (non-hydrogen) atoms. The lowest BCUT2D eigenvalue weighted by Gasteiger charge is -2.27. The lowest BCUT2D eigenvalue weighted by Crippen LogP contribution is -2.47. The molecule has 0 saturated carbocycles. The summed E-state index contributed by atoms with van der Waals surface area (Å²) in [6.07, 6.45) is 2.48. The smallest absolute Gasteiger partial charge is 0.326 e. The monoisotopic (exact) mass is 300 g/mol. The van der Waals surface area contributed by atoms with E-state index in [1.54, 1.807) is 4.90 Å². The number of carbonyl (C=O) groups excluding carboxylic acids is 1. The second-order valence-corrected chi connectivity index (χ2v) is 5.65. The first kappa shape index (κ1) is 17.3. The van der Waals surface area contributed by atoms with Crippen LogP contribution in [0.4, 0.5) is 4.79 Å². The maximum atomic E-state index is 12.1. The van der Waals surface area contributed by atoms with E-state index in [1.165, 1.54) is 0 Å². The van der Waals surface area contributed by atoms with E-state index in [-0.39, 0.29) is 18.3 Å². The third-order valence-corrected chi connectivity index (χ3v) is 4.47. The maximum absolute atomic E-state index is 12.1. The Hall–Kier alpha value is -1.79. The molecule has 0 aromatic heterocycles. The summed E-state index contributed by atoms with van der Waals surface area (Å²) in [4.78, 5) is 35.3. The van der Waals surface area contributed by atoms with Crippen molar-refractivity contribution in [2.75, 3.05) is 13.1 Å². The van der Waals surface area contributed by atoms with Crippen LogP contribution >= 0.6 is 0 Å². The highest BCUT2D eigenvalue weighted by Crippen LogP contribution is 2.36. The van der Waals surface area contributed by atoms with Gasteiger partial charge in [-0.3, -0.25) is 4.79 Å². The molecule has 0 spiro atoms. The molecule has 1 saturated heterocycles. The Morgan fingerprint density at radius 1 is 1.24 bits per heavy atom. The summed E-state index contributed by atoms with van der Waals surface area (Å²) >= 11 is 0. The highest BCUT2D eigenvalue weighted by atomic mass is 16.4. The van der Waals surface area contributed by atoms with E-state index < -0.39 is 24.0 Å². The van der Waals surface area contributed by atoms with Crippen molar-refractivity contribution in [3.8, 4) is 0 Å². The fourth-order valence-electron chi connectivity index (χ4n) is 2.70. The molecule has 1 rings (SSSR count). The van der Waals surface area contributed by atoms with Crippen molar-refractivity contribution in [1.29, 1.82) is 0 Å². The second-order valence-electron chi connectivity index (χ2n) is 5.65. The average Bonchev–Trinajstić information content (AvgIpc) is 2.88. The zero-order chi connectivity index (χ0) is 16.0. The fraction of sp³-hybridized carbons (Fsp3) is 0.786. The number of carbonyl (C=O) groups is 3. The van der Waals surface area contributed by atoms with Gasteiger partial charge in [0.25, 0.3) is 0 Å². The van der Waals surface area contributed by atoms with Crippen molar-refractivity contribution < 1.29 is 24.6 Å². The van der Waals surface area contributed by atoms with Gasteiger partial charge in [0.05, 0.1) is 0 Å². The predicted molar refractivity (Wildman–Crippen MR) is 76.0 cm³/mol. The number of aliphatic carboxylic acids is 2. The van der Waals surface area contributed by atoms with Gasteiger partial charge in [0.15, 0.2) is 0 Å². The maximum Gasteiger partial charge on any atom is 0.326 e. The van der Waals surface area contributed by atoms with Crippen LogP contribution in [-0.4, -0.2) is 52.2 Å². The van der Waals surface area contributed by atoms with Crippen LogP contribution < -0.4 is 5.32 Å². The van der Waals surface area contributed by atoms with Crippen molar-refractivity contribution in [2.24, 2.45) is 5.41 Å². The molecule has 7 heteroatoms. The molecule has 1 fully saturated rings. The third-order valence-electron chi connectivity index (χ3n) is 4.47. The quantitative estimate of drug-likeness (QED) is 0.661. The van der Waals surface area contributed by atoms with Crippen LogP contribution in [0.1, 0.15) is 46.0 Å². The molecule has 0 radical (unpaired) electrons. The molecule has 7 nitrogen and oxygen atoms in total. The normalized spacial score (nSPS) is 18.3. The largest absolute Gasteiger partial charge is 0.481 e. The Bertz CT molecular complexity index is 406. The Kier molecular flexibility index (Phi) is 5.99. The summed E-state index contributed by atoms with van der Waals surface area (Å²) in [6, 6.07) is -1.58. The molecule has 1 heterocycles. The number of amides is 2. The van der Waals surface area contributed by atoms with E-state index in [4.69, 9.17) is 10.2 Å². The molecule has 0 aromatic carbocycles. The van der Waals surface area contributed by atoms with Crippen LogP contribution in [0.25, 0.3) is 0 Å². The standard InChI is InChI=1S/C14H24N2O5/c1-3-14(4-2)7-8-16(9-14)13(21)15-10(12(19)20)5-6-11(17)18/h10H,3-9H2,1-2H3,(H,15,21)(H,17,18)(H,19,20). The highest BCUT2D eigenvalue weighted by molar-refractivity contribution is 5.83. The van der Waals surface area contributed by atoms with Gasteiger partial charge in [-0.25, -0.2) is 9.59 Å². The lowest BCUT2D eigenvalue weighted by atomic mass is 9.82. The molecule has 0 aromatic rings. The summed E-state index contributed by atoms with van der Waals surface area (Å²) in [5, 5.41) is 20.1. The number of hydrogen-bond donors (Lipinski definition) is 3. The number of urea groups is 1. The summed E-state index contributed by atoms with van der Waals surface area (Å²) in [5.41, 5.74) is 0.122. The number of likely N-dealkylation sites (tertiary alicyclic amines) is 1. The summed E-state index contributed by atoms with van der Waals surface area (Å²) in [5.74, 6) is -2.28. The Morgan fingerprint density at radius 2 is 1.86 bits per heavy atom. The van der Waals surface area contributed by atoms with Gasteiger partial charge in [-0.1, -0.05) is 13.8 Å². The van der Waals surface area contributed by atoms with Gasteiger partial charge >= 0.3 is 18.0 Å².